The van der Waals surface area contributed by atoms with Gasteiger partial charge in [0.05, 0.1) is 0 Å². The Kier molecular flexibility index (Phi) is 4.60. The lowest BCUT2D eigenvalue weighted by Gasteiger charge is -2.19. The van der Waals surface area contributed by atoms with Crippen molar-refractivity contribution in [2.45, 2.75) is 44.4 Å². The van der Waals surface area contributed by atoms with Crippen LogP contribution in [0.1, 0.15) is 39.7 Å². The molecule has 0 N–H and O–H groups in total. The zero-order valence-electron chi connectivity index (χ0n) is 10.5. The van der Waals surface area contributed by atoms with Gasteiger partial charge in [0.1, 0.15) is 5.78 Å². The van der Waals surface area contributed by atoms with Gasteiger partial charge in [-0.3, -0.25) is 4.79 Å². The molecule has 0 aliphatic heterocycles. The molecule has 0 fully saturated rings. The van der Waals surface area contributed by atoms with E-state index in [2.05, 4.69) is 45.0 Å². The van der Waals surface area contributed by atoms with Gasteiger partial charge < -0.3 is 0 Å². The standard InChI is InChI=1S/C14H20OS/c1-11(15)9-10-16-13-7-5-12(6-8-13)14(2,3)4/h5-8H,9-10H2,1-4H3. The first-order valence-corrected chi connectivity index (χ1v) is 6.61. The number of carbonyl (C=O) groups excluding carboxylic acids is 1. The zero-order chi connectivity index (χ0) is 12.2. The summed E-state index contributed by atoms with van der Waals surface area (Å²) in [6.45, 7) is 8.28. The first-order valence-electron chi connectivity index (χ1n) is 5.62. The fraction of sp³-hybridized carbons (Fsp3) is 0.500. The minimum absolute atomic E-state index is 0.211. The molecule has 0 amide bonds. The molecule has 0 heterocycles. The van der Waals surface area contributed by atoms with E-state index in [0.29, 0.717) is 6.42 Å². The van der Waals surface area contributed by atoms with Crippen LogP contribution in [-0.4, -0.2) is 11.5 Å². The van der Waals surface area contributed by atoms with E-state index in [-0.39, 0.29) is 11.2 Å². The highest BCUT2D eigenvalue weighted by molar-refractivity contribution is 7.99. The third-order valence-electron chi connectivity index (χ3n) is 2.44. The van der Waals surface area contributed by atoms with Crippen molar-refractivity contribution in [3.8, 4) is 0 Å². The summed E-state index contributed by atoms with van der Waals surface area (Å²) in [5.41, 5.74) is 1.56. The highest BCUT2D eigenvalue weighted by Gasteiger charge is 2.12. The second kappa shape index (κ2) is 5.53. The monoisotopic (exact) mass is 236 g/mol. The number of ketones is 1. The van der Waals surface area contributed by atoms with Gasteiger partial charge in [0, 0.05) is 17.1 Å². The van der Waals surface area contributed by atoms with Gasteiger partial charge in [0.2, 0.25) is 0 Å². The summed E-state index contributed by atoms with van der Waals surface area (Å²) < 4.78 is 0. The fourth-order valence-corrected chi connectivity index (χ4v) is 2.32. The van der Waals surface area contributed by atoms with Crippen LogP contribution < -0.4 is 0 Å². The van der Waals surface area contributed by atoms with E-state index in [1.54, 1.807) is 18.7 Å². The molecule has 1 rings (SSSR count). The Labute approximate surface area is 103 Å². The Morgan fingerprint density at radius 3 is 2.19 bits per heavy atom. The number of hydrogen-bond acceptors (Lipinski definition) is 2. The molecule has 0 spiro atoms. The topological polar surface area (TPSA) is 17.1 Å². The minimum Gasteiger partial charge on any atom is -0.300 e. The molecule has 0 atom stereocenters. The zero-order valence-corrected chi connectivity index (χ0v) is 11.4. The Hall–Kier alpha value is -0.760. The molecule has 0 radical (unpaired) electrons. The van der Waals surface area contributed by atoms with Crippen molar-refractivity contribution >= 4 is 17.5 Å². The van der Waals surface area contributed by atoms with E-state index in [0.717, 1.165) is 5.75 Å². The van der Waals surface area contributed by atoms with Crippen molar-refractivity contribution in [1.82, 2.24) is 0 Å². The molecule has 1 aromatic carbocycles. The quantitative estimate of drug-likeness (QED) is 0.733. The summed E-state index contributed by atoms with van der Waals surface area (Å²) >= 11 is 1.75. The third-order valence-corrected chi connectivity index (χ3v) is 3.46. The third kappa shape index (κ3) is 4.40. The van der Waals surface area contributed by atoms with Crippen LogP contribution in [0.25, 0.3) is 0 Å². The normalized spacial score (nSPS) is 11.5. The fourth-order valence-electron chi connectivity index (χ4n) is 1.36. The molecule has 0 unspecified atom stereocenters. The van der Waals surface area contributed by atoms with Crippen molar-refractivity contribution in [2.24, 2.45) is 0 Å². The molecule has 0 bridgehead atoms. The van der Waals surface area contributed by atoms with Crippen LogP contribution in [0.3, 0.4) is 0 Å². The first-order chi connectivity index (χ1) is 7.39. The number of carbonyl (C=O) groups is 1. The van der Waals surface area contributed by atoms with E-state index < -0.39 is 0 Å². The number of hydrogen-bond donors (Lipinski definition) is 0. The van der Waals surface area contributed by atoms with Gasteiger partial charge in [-0.2, -0.15) is 0 Å². The molecule has 1 nitrogen and oxygen atoms in total. The van der Waals surface area contributed by atoms with Crippen LogP contribution in [-0.2, 0) is 10.2 Å². The van der Waals surface area contributed by atoms with Gasteiger partial charge >= 0.3 is 0 Å². The van der Waals surface area contributed by atoms with E-state index in [1.165, 1.54) is 10.5 Å². The van der Waals surface area contributed by atoms with Crippen LogP contribution in [0.4, 0.5) is 0 Å². The molecular formula is C14H20OS. The summed E-state index contributed by atoms with van der Waals surface area (Å²) in [4.78, 5) is 12.1. The summed E-state index contributed by atoms with van der Waals surface area (Å²) in [7, 11) is 0. The lowest BCUT2D eigenvalue weighted by molar-refractivity contribution is -0.116. The largest absolute Gasteiger partial charge is 0.300 e. The van der Waals surface area contributed by atoms with Crippen molar-refractivity contribution < 1.29 is 4.79 Å². The first kappa shape index (κ1) is 13.3. The average molecular weight is 236 g/mol. The van der Waals surface area contributed by atoms with Crippen LogP contribution >= 0.6 is 11.8 Å². The SMILES string of the molecule is CC(=O)CCSc1ccc(C(C)(C)C)cc1. The Balaban J connectivity index is 2.55. The number of thioether (sulfide) groups is 1. The van der Waals surface area contributed by atoms with Crippen LogP contribution in [0.15, 0.2) is 29.2 Å². The molecule has 1 aromatic rings. The van der Waals surface area contributed by atoms with Gasteiger partial charge in [-0.15, -0.1) is 11.8 Å². The van der Waals surface area contributed by atoms with Gasteiger partial charge in [-0.25, -0.2) is 0 Å². The Morgan fingerprint density at radius 2 is 1.75 bits per heavy atom. The molecule has 0 aliphatic rings. The Bertz CT molecular complexity index is 346. The summed E-state index contributed by atoms with van der Waals surface area (Å²) in [6, 6.07) is 8.64. The molecule has 2 heteroatoms. The van der Waals surface area contributed by atoms with Crippen LogP contribution in [0.5, 0.6) is 0 Å². The van der Waals surface area contributed by atoms with Gasteiger partial charge in [-0.05, 0) is 30.0 Å². The van der Waals surface area contributed by atoms with Crippen LogP contribution in [0.2, 0.25) is 0 Å². The maximum Gasteiger partial charge on any atom is 0.130 e. The van der Waals surface area contributed by atoms with E-state index >= 15 is 0 Å². The molecular weight excluding hydrogens is 216 g/mol. The number of benzene rings is 1. The molecule has 0 aliphatic carbocycles. The maximum absolute atomic E-state index is 10.8. The lowest BCUT2D eigenvalue weighted by atomic mass is 9.87. The van der Waals surface area contributed by atoms with Crippen molar-refractivity contribution in [2.75, 3.05) is 5.75 Å². The van der Waals surface area contributed by atoms with E-state index in [1.807, 2.05) is 0 Å². The van der Waals surface area contributed by atoms with Gasteiger partial charge in [0.15, 0.2) is 0 Å². The predicted octanol–water partition coefficient (Wildman–Crippen LogP) is 4.06. The molecule has 16 heavy (non-hydrogen) atoms. The summed E-state index contributed by atoms with van der Waals surface area (Å²) in [5.74, 6) is 1.14. The Morgan fingerprint density at radius 1 is 1.19 bits per heavy atom. The number of Topliss-reactive ketones (excluding diaryl/α,β-unsaturated/α-hetero) is 1. The second-order valence-corrected chi connectivity index (χ2v) is 6.24. The summed E-state index contributed by atoms with van der Waals surface area (Å²) in [6.07, 6.45) is 0.658. The molecule has 88 valence electrons. The highest BCUT2D eigenvalue weighted by atomic mass is 32.2. The van der Waals surface area contributed by atoms with Crippen molar-refractivity contribution in [3.63, 3.8) is 0 Å². The maximum atomic E-state index is 10.8. The van der Waals surface area contributed by atoms with Gasteiger partial charge in [-0.1, -0.05) is 32.9 Å². The molecule has 0 aromatic heterocycles. The van der Waals surface area contributed by atoms with Crippen molar-refractivity contribution in [3.05, 3.63) is 29.8 Å². The smallest absolute Gasteiger partial charge is 0.130 e. The highest BCUT2D eigenvalue weighted by Crippen LogP contribution is 2.25. The second-order valence-electron chi connectivity index (χ2n) is 5.07. The number of rotatable bonds is 4. The predicted molar refractivity (Wildman–Crippen MR) is 71.2 cm³/mol. The minimum atomic E-state index is 0.211. The average Bonchev–Trinajstić information content (AvgIpc) is 2.16. The lowest BCUT2D eigenvalue weighted by Crippen LogP contribution is -2.10. The van der Waals surface area contributed by atoms with E-state index in [4.69, 9.17) is 0 Å². The van der Waals surface area contributed by atoms with Crippen molar-refractivity contribution in [1.29, 1.82) is 0 Å². The van der Waals surface area contributed by atoms with Crippen LogP contribution in [0, 0.1) is 0 Å². The van der Waals surface area contributed by atoms with E-state index in [9.17, 15) is 4.79 Å². The molecule has 0 saturated heterocycles. The van der Waals surface area contributed by atoms with Gasteiger partial charge in [0.25, 0.3) is 0 Å². The summed E-state index contributed by atoms with van der Waals surface area (Å²) in [5, 5.41) is 0. The molecule has 0 saturated carbocycles.